The Hall–Kier alpha value is -0.000000000000000111. The van der Waals surface area contributed by atoms with Gasteiger partial charge in [0.2, 0.25) is 10.0 Å². The molecule has 0 saturated carbocycles. The van der Waals surface area contributed by atoms with Crippen molar-refractivity contribution in [3.63, 3.8) is 0 Å². The van der Waals surface area contributed by atoms with Crippen molar-refractivity contribution < 1.29 is 23.4 Å². The summed E-state index contributed by atoms with van der Waals surface area (Å²) in [5.74, 6) is -1.50. The Morgan fingerprint density at radius 1 is 1.56 bits per heavy atom. The predicted octanol–water partition coefficient (Wildman–Crippen LogP) is 1.39. The number of hydrogen-bond donors (Lipinski definition) is 3. The van der Waals surface area contributed by atoms with Crippen molar-refractivity contribution in [3.05, 3.63) is 13.6 Å². The van der Waals surface area contributed by atoms with Gasteiger partial charge in [0, 0.05) is 0 Å². The van der Waals surface area contributed by atoms with Gasteiger partial charge >= 0.3 is 5.97 Å². The summed E-state index contributed by atoms with van der Waals surface area (Å²) in [5.41, 5.74) is -2.16. The Labute approximate surface area is 124 Å². The van der Waals surface area contributed by atoms with Crippen molar-refractivity contribution in [1.82, 2.24) is 4.72 Å². The van der Waals surface area contributed by atoms with E-state index >= 15 is 0 Å². The van der Waals surface area contributed by atoms with Gasteiger partial charge in [-0.3, -0.25) is 0 Å². The number of carboxylic acid groups (broad SMARTS) is 1. The molecule has 18 heavy (non-hydrogen) atoms. The van der Waals surface area contributed by atoms with Crippen LogP contribution >= 0.6 is 43.2 Å². The van der Waals surface area contributed by atoms with E-state index in [1.165, 1.54) is 17.4 Å². The minimum atomic E-state index is -3.88. The molecule has 0 amide bonds. The summed E-state index contributed by atoms with van der Waals surface area (Å²) in [7, 11) is -3.88. The fourth-order valence-corrected chi connectivity index (χ4v) is 5.84. The van der Waals surface area contributed by atoms with Crippen LogP contribution in [0.4, 0.5) is 0 Å². The Morgan fingerprint density at radius 2 is 2.11 bits per heavy atom. The normalized spacial score (nSPS) is 15.3. The molecule has 6 nitrogen and oxygen atoms in total. The topological polar surface area (TPSA) is 104 Å². The maximum atomic E-state index is 11.9. The molecule has 0 aliphatic rings. The average molecular weight is 423 g/mol. The number of carbonyl (C=O) groups is 1. The van der Waals surface area contributed by atoms with Gasteiger partial charge in [-0.25, -0.2) is 17.9 Å². The molecule has 0 bridgehead atoms. The lowest BCUT2D eigenvalue weighted by atomic mass is 10.1. The zero-order chi connectivity index (χ0) is 14.1. The van der Waals surface area contributed by atoms with Gasteiger partial charge in [0.15, 0.2) is 5.60 Å². The third-order valence-corrected chi connectivity index (χ3v) is 6.14. The van der Waals surface area contributed by atoms with Crippen LogP contribution in [-0.2, 0) is 14.8 Å². The number of hydrogen-bond acceptors (Lipinski definition) is 5. The number of halogens is 2. The Kier molecular flexibility index (Phi) is 4.95. The molecule has 10 heteroatoms. The summed E-state index contributed by atoms with van der Waals surface area (Å²) in [4.78, 5) is 10.6. The molecular weight excluding hydrogens is 414 g/mol. The molecule has 1 aromatic rings. The van der Waals surface area contributed by atoms with E-state index in [0.29, 0.717) is 7.57 Å². The summed E-state index contributed by atoms with van der Waals surface area (Å²) >= 11 is 7.41. The number of thiophene rings is 1. The van der Waals surface area contributed by atoms with Crippen molar-refractivity contribution in [1.29, 1.82) is 0 Å². The Morgan fingerprint density at radius 3 is 2.50 bits per heavy atom. The summed E-state index contributed by atoms with van der Waals surface area (Å²) in [6, 6.07) is 1.38. The van der Waals surface area contributed by atoms with Gasteiger partial charge in [-0.1, -0.05) is 0 Å². The van der Waals surface area contributed by atoms with Gasteiger partial charge in [-0.15, -0.1) is 11.3 Å². The lowest BCUT2D eigenvalue weighted by Gasteiger charge is -2.18. The number of aliphatic hydroxyl groups is 1. The first-order valence-corrected chi connectivity index (χ1v) is 8.35. The molecule has 102 valence electrons. The number of nitrogens with one attached hydrogen (secondary N) is 1. The molecule has 1 atom stereocenters. The van der Waals surface area contributed by atoms with Crippen molar-refractivity contribution in [2.75, 3.05) is 6.54 Å². The summed E-state index contributed by atoms with van der Waals surface area (Å²) in [5, 5.41) is 18.1. The van der Waals surface area contributed by atoms with E-state index in [-0.39, 0.29) is 4.90 Å². The molecule has 1 rings (SSSR count). The molecule has 0 radical (unpaired) electrons. The monoisotopic (exact) mass is 421 g/mol. The van der Waals surface area contributed by atoms with Crippen LogP contribution in [-0.4, -0.2) is 36.7 Å². The molecule has 0 spiro atoms. The van der Waals surface area contributed by atoms with E-state index in [2.05, 4.69) is 31.9 Å². The van der Waals surface area contributed by atoms with Crippen molar-refractivity contribution in [2.24, 2.45) is 0 Å². The lowest BCUT2D eigenvalue weighted by molar-refractivity contribution is -0.155. The van der Waals surface area contributed by atoms with Crippen LogP contribution in [0.25, 0.3) is 0 Å². The van der Waals surface area contributed by atoms with E-state index in [0.717, 1.165) is 6.92 Å². The fraction of sp³-hybridized carbons (Fsp3) is 0.375. The predicted molar refractivity (Wildman–Crippen MR) is 73.2 cm³/mol. The molecule has 0 aromatic carbocycles. The van der Waals surface area contributed by atoms with Gasteiger partial charge in [0.05, 0.1) is 14.1 Å². The third kappa shape index (κ3) is 3.75. The van der Waals surface area contributed by atoms with Crippen LogP contribution in [0.1, 0.15) is 6.92 Å². The first-order valence-electron chi connectivity index (χ1n) is 4.46. The highest BCUT2D eigenvalue weighted by Crippen LogP contribution is 2.34. The molecule has 1 aromatic heterocycles. The average Bonchev–Trinajstić information content (AvgIpc) is 2.56. The number of rotatable bonds is 5. The summed E-state index contributed by atoms with van der Waals surface area (Å²) in [6.07, 6.45) is 0. The first-order chi connectivity index (χ1) is 8.06. The van der Waals surface area contributed by atoms with Crippen LogP contribution in [0.3, 0.4) is 0 Å². The minimum absolute atomic E-state index is 0.0134. The quantitative estimate of drug-likeness (QED) is 0.665. The smallest absolute Gasteiger partial charge is 0.336 e. The zero-order valence-corrected chi connectivity index (χ0v) is 13.8. The van der Waals surface area contributed by atoms with Gasteiger partial charge in [-0.2, -0.15) is 0 Å². The first kappa shape index (κ1) is 16.1. The SMILES string of the molecule is CC(O)(CNS(=O)(=O)c1cc(Br)sc1Br)C(=O)O. The molecule has 1 heterocycles. The van der Waals surface area contributed by atoms with Crippen LogP contribution < -0.4 is 4.72 Å². The largest absolute Gasteiger partial charge is 0.479 e. The van der Waals surface area contributed by atoms with Crippen LogP contribution in [0, 0.1) is 0 Å². The van der Waals surface area contributed by atoms with Gasteiger partial charge < -0.3 is 10.2 Å². The second kappa shape index (κ2) is 5.55. The molecule has 0 aliphatic heterocycles. The van der Waals surface area contributed by atoms with E-state index in [9.17, 15) is 18.3 Å². The van der Waals surface area contributed by atoms with Crippen molar-refractivity contribution in [2.45, 2.75) is 17.4 Å². The van der Waals surface area contributed by atoms with Crippen molar-refractivity contribution >= 4 is 59.2 Å². The molecule has 0 saturated heterocycles. The second-order valence-corrected chi connectivity index (χ2v) is 9.08. The fourth-order valence-electron chi connectivity index (χ4n) is 0.897. The summed E-state index contributed by atoms with van der Waals surface area (Å²) < 4.78 is 26.8. The maximum Gasteiger partial charge on any atom is 0.336 e. The lowest BCUT2D eigenvalue weighted by Crippen LogP contribution is -2.46. The second-order valence-electron chi connectivity index (χ2n) is 3.59. The number of aliphatic carboxylic acids is 1. The van der Waals surface area contributed by atoms with Crippen LogP contribution in [0.15, 0.2) is 18.5 Å². The highest BCUT2D eigenvalue weighted by Gasteiger charge is 2.32. The highest BCUT2D eigenvalue weighted by atomic mass is 79.9. The van der Waals surface area contributed by atoms with Crippen molar-refractivity contribution in [3.8, 4) is 0 Å². The molecule has 0 fully saturated rings. The zero-order valence-electron chi connectivity index (χ0n) is 8.98. The van der Waals surface area contributed by atoms with E-state index in [1.54, 1.807) is 0 Å². The minimum Gasteiger partial charge on any atom is -0.479 e. The van der Waals surface area contributed by atoms with E-state index < -0.39 is 28.1 Å². The third-order valence-electron chi connectivity index (χ3n) is 1.98. The number of carboxylic acids is 1. The Balaban J connectivity index is 2.91. The van der Waals surface area contributed by atoms with Crippen LogP contribution in [0.5, 0.6) is 0 Å². The van der Waals surface area contributed by atoms with E-state index in [1.807, 2.05) is 4.72 Å². The summed E-state index contributed by atoms with van der Waals surface area (Å²) in [6.45, 7) is 0.390. The molecule has 3 N–H and O–H groups in total. The maximum absolute atomic E-state index is 11.9. The standard InChI is InChI=1S/C8H9Br2NO5S2/c1-8(14,7(12)13)3-11-18(15,16)4-2-5(9)17-6(4)10/h2,11,14H,3H2,1H3,(H,12,13). The van der Waals surface area contributed by atoms with Gasteiger partial charge in [-0.05, 0) is 44.8 Å². The number of sulfonamides is 1. The highest BCUT2D eigenvalue weighted by molar-refractivity contribution is 9.12. The Bertz CT molecular complexity index is 566. The van der Waals surface area contributed by atoms with Gasteiger partial charge in [0.1, 0.15) is 4.90 Å². The molecular formula is C8H9Br2NO5S2. The molecule has 1 unspecified atom stereocenters. The molecule has 0 aliphatic carbocycles. The van der Waals surface area contributed by atoms with Gasteiger partial charge in [0.25, 0.3) is 0 Å². The van der Waals surface area contributed by atoms with Crippen LogP contribution in [0.2, 0.25) is 0 Å². The van der Waals surface area contributed by atoms with E-state index in [4.69, 9.17) is 5.11 Å².